The van der Waals surface area contributed by atoms with Crippen LogP contribution in [-0.4, -0.2) is 75.4 Å². The molecule has 2 aliphatic rings. The van der Waals surface area contributed by atoms with Crippen molar-refractivity contribution >= 4 is 0 Å². The summed E-state index contributed by atoms with van der Waals surface area (Å²) < 4.78 is 5.98. The third-order valence-corrected chi connectivity index (χ3v) is 4.31. The topological polar surface area (TPSA) is 27.7 Å². The van der Waals surface area contributed by atoms with E-state index in [-0.39, 0.29) is 0 Å². The summed E-state index contributed by atoms with van der Waals surface area (Å²) in [4.78, 5) is 4.93. The van der Waals surface area contributed by atoms with E-state index >= 15 is 0 Å². The van der Waals surface area contributed by atoms with Gasteiger partial charge in [0.05, 0.1) is 12.7 Å². The Kier molecular flexibility index (Phi) is 5.89. The largest absolute Gasteiger partial charge is 0.377 e. The molecule has 0 aromatic rings. The summed E-state index contributed by atoms with van der Waals surface area (Å²) >= 11 is 0. The Morgan fingerprint density at radius 1 is 1.28 bits per heavy atom. The molecular weight excluding hydrogens is 226 g/mol. The van der Waals surface area contributed by atoms with Crippen LogP contribution in [0.25, 0.3) is 0 Å². The van der Waals surface area contributed by atoms with Crippen LogP contribution in [0.2, 0.25) is 0 Å². The lowest BCUT2D eigenvalue weighted by molar-refractivity contribution is 0.0132. The molecule has 18 heavy (non-hydrogen) atoms. The summed E-state index contributed by atoms with van der Waals surface area (Å²) in [7, 11) is 4.47. The van der Waals surface area contributed by atoms with Crippen LogP contribution in [0.3, 0.4) is 0 Å². The molecule has 0 radical (unpaired) electrons. The van der Waals surface area contributed by atoms with Crippen molar-refractivity contribution in [3.05, 3.63) is 0 Å². The number of piperidine rings is 2. The van der Waals surface area contributed by atoms with E-state index in [4.69, 9.17) is 4.74 Å². The zero-order valence-corrected chi connectivity index (χ0v) is 12.0. The third kappa shape index (κ3) is 4.50. The zero-order valence-electron chi connectivity index (χ0n) is 12.0. The molecule has 4 nitrogen and oxygen atoms in total. The number of hydrogen-bond acceptors (Lipinski definition) is 4. The van der Waals surface area contributed by atoms with Crippen LogP contribution >= 0.6 is 0 Å². The van der Waals surface area contributed by atoms with Crippen molar-refractivity contribution in [1.29, 1.82) is 0 Å². The number of rotatable bonds is 5. The average Bonchev–Trinajstić information content (AvgIpc) is 2.40. The zero-order chi connectivity index (χ0) is 12.8. The van der Waals surface area contributed by atoms with Gasteiger partial charge in [-0.2, -0.15) is 0 Å². The monoisotopic (exact) mass is 255 g/mol. The van der Waals surface area contributed by atoms with Gasteiger partial charge in [-0.25, -0.2) is 0 Å². The van der Waals surface area contributed by atoms with Gasteiger partial charge < -0.3 is 15.0 Å². The van der Waals surface area contributed by atoms with E-state index in [1.54, 1.807) is 0 Å². The maximum atomic E-state index is 5.98. The van der Waals surface area contributed by atoms with E-state index in [0.29, 0.717) is 6.10 Å². The minimum absolute atomic E-state index is 0.494. The molecule has 0 amide bonds. The van der Waals surface area contributed by atoms with Crippen molar-refractivity contribution in [3.8, 4) is 0 Å². The predicted molar refractivity (Wildman–Crippen MR) is 75.0 cm³/mol. The molecule has 1 unspecified atom stereocenters. The molecule has 2 saturated heterocycles. The number of likely N-dealkylation sites (N-methyl/N-ethyl adjacent to an activating group) is 2. The number of nitrogens with one attached hydrogen (secondary N) is 1. The highest BCUT2D eigenvalue weighted by molar-refractivity contribution is 4.77. The van der Waals surface area contributed by atoms with Gasteiger partial charge in [0.15, 0.2) is 0 Å². The van der Waals surface area contributed by atoms with Gasteiger partial charge in [0, 0.05) is 19.1 Å². The van der Waals surface area contributed by atoms with Crippen LogP contribution in [0.15, 0.2) is 0 Å². The number of hydrogen-bond donors (Lipinski definition) is 1. The Morgan fingerprint density at radius 3 is 2.78 bits per heavy atom. The second-order valence-corrected chi connectivity index (χ2v) is 5.86. The molecule has 0 aromatic carbocycles. The summed E-state index contributed by atoms with van der Waals surface area (Å²) in [6.07, 6.45) is 5.52. The van der Waals surface area contributed by atoms with Gasteiger partial charge in [0.25, 0.3) is 0 Å². The van der Waals surface area contributed by atoms with Gasteiger partial charge in [-0.05, 0) is 59.4 Å². The summed E-state index contributed by atoms with van der Waals surface area (Å²) in [6.45, 7) is 6.67. The highest BCUT2D eigenvalue weighted by Crippen LogP contribution is 2.13. The Morgan fingerprint density at radius 2 is 2.06 bits per heavy atom. The lowest BCUT2D eigenvalue weighted by Gasteiger charge is -2.36. The van der Waals surface area contributed by atoms with E-state index < -0.39 is 0 Å². The minimum Gasteiger partial charge on any atom is -0.377 e. The lowest BCUT2D eigenvalue weighted by atomic mass is 10.1. The van der Waals surface area contributed by atoms with E-state index in [2.05, 4.69) is 29.2 Å². The van der Waals surface area contributed by atoms with Crippen molar-refractivity contribution in [2.75, 3.05) is 53.4 Å². The van der Waals surface area contributed by atoms with Crippen LogP contribution in [0.4, 0.5) is 0 Å². The molecule has 0 saturated carbocycles. The fraction of sp³-hybridized carbons (Fsp3) is 1.00. The first-order valence-corrected chi connectivity index (χ1v) is 7.47. The Labute approximate surface area is 112 Å². The first-order chi connectivity index (χ1) is 8.75. The van der Waals surface area contributed by atoms with Crippen molar-refractivity contribution in [3.63, 3.8) is 0 Å². The maximum Gasteiger partial charge on any atom is 0.0600 e. The van der Waals surface area contributed by atoms with Gasteiger partial charge in [0.2, 0.25) is 0 Å². The molecule has 2 aliphatic heterocycles. The Bertz CT molecular complexity index is 231. The third-order valence-electron chi connectivity index (χ3n) is 4.31. The second-order valence-electron chi connectivity index (χ2n) is 5.86. The molecule has 0 aromatic heterocycles. The van der Waals surface area contributed by atoms with Gasteiger partial charge in [0.1, 0.15) is 0 Å². The molecule has 0 bridgehead atoms. The number of likely N-dealkylation sites (tertiary alicyclic amines) is 1. The summed E-state index contributed by atoms with van der Waals surface area (Å²) in [5, 5.41) is 3.37. The fourth-order valence-electron chi connectivity index (χ4n) is 3.01. The van der Waals surface area contributed by atoms with Gasteiger partial charge >= 0.3 is 0 Å². The van der Waals surface area contributed by atoms with Gasteiger partial charge in [-0.15, -0.1) is 0 Å². The molecule has 106 valence electrons. The first-order valence-electron chi connectivity index (χ1n) is 7.47. The van der Waals surface area contributed by atoms with E-state index in [9.17, 15) is 0 Å². The Balaban J connectivity index is 1.60. The fourth-order valence-corrected chi connectivity index (χ4v) is 3.01. The van der Waals surface area contributed by atoms with Crippen molar-refractivity contribution in [2.24, 2.45) is 0 Å². The predicted octanol–water partition coefficient (Wildman–Crippen LogP) is 0.781. The van der Waals surface area contributed by atoms with Crippen molar-refractivity contribution in [1.82, 2.24) is 15.1 Å². The number of ether oxygens (including phenoxy) is 1. The molecular formula is C14H29N3O. The van der Waals surface area contributed by atoms with Crippen LogP contribution in [0.5, 0.6) is 0 Å². The summed E-state index contributed by atoms with van der Waals surface area (Å²) in [5.41, 5.74) is 0. The van der Waals surface area contributed by atoms with E-state index in [1.165, 1.54) is 38.8 Å². The molecule has 2 fully saturated rings. The quantitative estimate of drug-likeness (QED) is 0.786. The molecule has 2 rings (SSSR count). The van der Waals surface area contributed by atoms with E-state index in [0.717, 1.165) is 32.3 Å². The molecule has 0 aliphatic carbocycles. The van der Waals surface area contributed by atoms with Crippen LogP contribution in [0.1, 0.15) is 25.7 Å². The summed E-state index contributed by atoms with van der Waals surface area (Å²) in [5.74, 6) is 0. The Hall–Kier alpha value is -0.160. The van der Waals surface area contributed by atoms with Gasteiger partial charge in [-0.3, -0.25) is 4.90 Å². The average molecular weight is 255 g/mol. The normalized spacial score (nSPS) is 27.8. The molecule has 2 heterocycles. The molecule has 0 spiro atoms. The van der Waals surface area contributed by atoms with Crippen molar-refractivity contribution < 1.29 is 4.74 Å². The second kappa shape index (κ2) is 7.43. The van der Waals surface area contributed by atoms with Crippen LogP contribution in [0, 0.1) is 0 Å². The van der Waals surface area contributed by atoms with Gasteiger partial charge in [-0.1, -0.05) is 0 Å². The van der Waals surface area contributed by atoms with E-state index in [1.807, 2.05) is 0 Å². The van der Waals surface area contributed by atoms with Crippen molar-refractivity contribution in [2.45, 2.75) is 37.8 Å². The number of nitrogens with zero attached hydrogens (tertiary/aromatic N) is 2. The molecule has 4 heteroatoms. The standard InChI is InChI=1S/C14H29N3O/c1-16-9-3-4-13(12-16)17(2)10-11-18-14-5-7-15-8-6-14/h13-15H,3-12H2,1-2H3. The van der Waals surface area contributed by atoms with Crippen LogP contribution < -0.4 is 5.32 Å². The molecule has 1 N–H and O–H groups in total. The SMILES string of the molecule is CN1CCCC(N(C)CCOC2CCNCC2)C1. The lowest BCUT2D eigenvalue weighted by Crippen LogP contribution is -2.46. The summed E-state index contributed by atoms with van der Waals surface area (Å²) in [6, 6.07) is 0.723. The molecule has 1 atom stereocenters. The van der Waals surface area contributed by atoms with Crippen LogP contribution in [-0.2, 0) is 4.74 Å². The first kappa shape index (κ1) is 14.3. The highest BCUT2D eigenvalue weighted by Gasteiger charge is 2.21. The smallest absolute Gasteiger partial charge is 0.0600 e. The minimum atomic E-state index is 0.494. The highest BCUT2D eigenvalue weighted by atomic mass is 16.5. The maximum absolute atomic E-state index is 5.98.